The Morgan fingerprint density at radius 3 is 2.19 bits per heavy atom. The van der Waals surface area contributed by atoms with E-state index < -0.39 is 27.6 Å². The molecule has 3 N–H and O–H groups in total. The number of thiophene rings is 1. The zero-order chi connectivity index (χ0) is 23.3. The highest BCUT2D eigenvalue weighted by atomic mass is 32.2. The third kappa shape index (κ3) is 6.31. The lowest BCUT2D eigenvalue weighted by Gasteiger charge is -2.16. The Bertz CT molecular complexity index is 1030. The Labute approximate surface area is 180 Å². The maximum atomic E-state index is 12.3. The van der Waals surface area contributed by atoms with Gasteiger partial charge in [0.2, 0.25) is 5.91 Å². The lowest BCUT2D eigenvalue weighted by molar-refractivity contribution is -0.192. The van der Waals surface area contributed by atoms with Crippen molar-refractivity contribution in [2.75, 3.05) is 11.3 Å². The first-order chi connectivity index (χ1) is 14.4. The van der Waals surface area contributed by atoms with Gasteiger partial charge in [-0.1, -0.05) is 24.3 Å². The van der Waals surface area contributed by atoms with E-state index in [1.807, 2.05) is 12.1 Å². The van der Waals surface area contributed by atoms with Gasteiger partial charge < -0.3 is 10.4 Å². The van der Waals surface area contributed by atoms with E-state index in [9.17, 15) is 26.4 Å². The van der Waals surface area contributed by atoms with Crippen LogP contribution in [-0.2, 0) is 25.0 Å². The molecule has 1 amide bonds. The molecule has 2 aromatic rings. The van der Waals surface area contributed by atoms with E-state index in [-0.39, 0.29) is 10.1 Å². The van der Waals surface area contributed by atoms with Gasteiger partial charge in [-0.3, -0.25) is 9.52 Å². The van der Waals surface area contributed by atoms with Crippen molar-refractivity contribution in [3.63, 3.8) is 0 Å². The maximum absolute atomic E-state index is 12.3. The van der Waals surface area contributed by atoms with Crippen LogP contribution in [-0.4, -0.2) is 38.1 Å². The minimum atomic E-state index is -5.08. The summed E-state index contributed by atoms with van der Waals surface area (Å²) in [6.07, 6.45) is -1.83. The van der Waals surface area contributed by atoms with Gasteiger partial charge in [0, 0.05) is 12.2 Å². The van der Waals surface area contributed by atoms with E-state index in [1.165, 1.54) is 11.3 Å². The Hall–Kier alpha value is -2.86. The van der Waals surface area contributed by atoms with E-state index in [0.29, 0.717) is 12.2 Å². The first-order valence-electron chi connectivity index (χ1n) is 8.78. The lowest BCUT2D eigenvalue weighted by Crippen LogP contribution is -2.34. The number of alkyl halides is 3. The highest BCUT2D eigenvalue weighted by Gasteiger charge is 2.50. The van der Waals surface area contributed by atoms with E-state index in [2.05, 4.69) is 16.6 Å². The second kappa shape index (κ2) is 9.52. The van der Waals surface area contributed by atoms with E-state index in [0.717, 1.165) is 18.4 Å². The smallest absolute Gasteiger partial charge is 0.475 e. The molecule has 12 heteroatoms. The molecule has 0 atom stereocenters. The fourth-order valence-electron chi connectivity index (χ4n) is 2.59. The fourth-order valence-corrected chi connectivity index (χ4v) is 4.64. The third-order valence-corrected chi connectivity index (χ3v) is 7.06. The van der Waals surface area contributed by atoms with Gasteiger partial charge in [0.1, 0.15) is 4.21 Å². The van der Waals surface area contributed by atoms with Crippen molar-refractivity contribution in [1.29, 1.82) is 0 Å². The highest BCUT2D eigenvalue weighted by molar-refractivity contribution is 7.94. The van der Waals surface area contributed by atoms with Crippen LogP contribution in [0.4, 0.5) is 18.9 Å². The van der Waals surface area contributed by atoms with Gasteiger partial charge in [0.05, 0.1) is 5.41 Å². The number of hydrogen-bond acceptors (Lipinski definition) is 5. The molecule has 1 aromatic heterocycles. The molecule has 1 fully saturated rings. The second-order valence-corrected chi connectivity index (χ2v) is 9.36. The van der Waals surface area contributed by atoms with Crippen LogP contribution in [0.15, 0.2) is 58.6 Å². The van der Waals surface area contributed by atoms with Gasteiger partial charge >= 0.3 is 12.1 Å². The number of amides is 1. The molecule has 1 aliphatic rings. The Balaban J connectivity index is 0.000000423. The molecular weight excluding hydrogens is 457 g/mol. The maximum Gasteiger partial charge on any atom is 0.490 e. The van der Waals surface area contributed by atoms with Crippen molar-refractivity contribution in [3.8, 4) is 0 Å². The summed E-state index contributed by atoms with van der Waals surface area (Å²) in [6, 6.07) is 10.3. The van der Waals surface area contributed by atoms with Crippen molar-refractivity contribution in [2.45, 2.75) is 28.6 Å². The number of carbonyl (C=O) groups excluding carboxylic acids is 1. The molecule has 0 unspecified atom stereocenters. The monoisotopic (exact) mass is 476 g/mol. The van der Waals surface area contributed by atoms with Crippen LogP contribution >= 0.6 is 11.3 Å². The largest absolute Gasteiger partial charge is 0.490 e. The average Bonchev–Trinajstić information content (AvgIpc) is 3.30. The number of hydrogen-bond donors (Lipinski definition) is 3. The normalized spacial score (nSPS) is 14.5. The number of sulfonamides is 1. The quantitative estimate of drug-likeness (QED) is 0.530. The molecule has 1 saturated carbocycles. The van der Waals surface area contributed by atoms with Crippen molar-refractivity contribution in [2.24, 2.45) is 0 Å². The number of carboxylic acids is 1. The molecule has 7 nitrogen and oxygen atoms in total. The highest BCUT2D eigenvalue weighted by Crippen LogP contribution is 2.48. The second-order valence-electron chi connectivity index (χ2n) is 6.50. The summed E-state index contributed by atoms with van der Waals surface area (Å²) in [4.78, 5) is 21.2. The van der Waals surface area contributed by atoms with E-state index in [1.54, 1.807) is 35.7 Å². The molecule has 0 spiro atoms. The van der Waals surface area contributed by atoms with Gasteiger partial charge in [-0.15, -0.1) is 17.9 Å². The molecule has 1 heterocycles. The number of rotatable bonds is 7. The van der Waals surface area contributed by atoms with Crippen LogP contribution in [0.5, 0.6) is 0 Å². The average molecular weight is 476 g/mol. The number of halogens is 3. The van der Waals surface area contributed by atoms with Gasteiger partial charge in [-0.25, -0.2) is 13.2 Å². The predicted molar refractivity (Wildman–Crippen MR) is 109 cm³/mol. The topological polar surface area (TPSA) is 113 Å². The number of benzene rings is 1. The van der Waals surface area contributed by atoms with Gasteiger partial charge in [0.15, 0.2) is 0 Å². The number of aliphatic carboxylic acids is 1. The van der Waals surface area contributed by atoms with Gasteiger partial charge in [-0.2, -0.15) is 13.2 Å². The standard InChI is InChI=1S/C17H18N2O3S2.C2HF3O2/c1-2-11-18-16(20)17(9-10-17)13-5-7-14(8-6-13)19-24(21,22)15-4-3-12-23-15;3-2(4,5)1(6)7/h2-8,12,19H,1,9-11H2,(H,18,20);(H,6,7). The summed E-state index contributed by atoms with van der Waals surface area (Å²) < 4.78 is 59.0. The number of carbonyl (C=O) groups is 2. The van der Waals surface area contributed by atoms with Crippen LogP contribution in [0, 0.1) is 0 Å². The molecule has 31 heavy (non-hydrogen) atoms. The molecule has 0 aliphatic heterocycles. The van der Waals surface area contributed by atoms with Crippen LogP contribution in [0.3, 0.4) is 0 Å². The minimum Gasteiger partial charge on any atom is -0.475 e. The van der Waals surface area contributed by atoms with Crippen molar-refractivity contribution in [1.82, 2.24) is 5.32 Å². The summed E-state index contributed by atoms with van der Waals surface area (Å²) in [5.41, 5.74) is 0.909. The Kier molecular flexibility index (Phi) is 7.49. The van der Waals surface area contributed by atoms with Gasteiger partial charge in [0.25, 0.3) is 10.0 Å². The third-order valence-electron chi connectivity index (χ3n) is 4.28. The molecule has 1 aliphatic carbocycles. The fraction of sp³-hybridized carbons (Fsp3) is 0.263. The van der Waals surface area contributed by atoms with Crippen molar-refractivity contribution in [3.05, 3.63) is 60.0 Å². The summed E-state index contributed by atoms with van der Waals surface area (Å²) in [6.45, 7) is 4.04. The van der Waals surface area contributed by atoms with E-state index in [4.69, 9.17) is 9.90 Å². The van der Waals surface area contributed by atoms with Crippen LogP contribution < -0.4 is 10.0 Å². The van der Waals surface area contributed by atoms with Crippen molar-refractivity contribution < 1.29 is 36.3 Å². The Morgan fingerprint density at radius 2 is 1.77 bits per heavy atom. The SMILES string of the molecule is C=CCNC(=O)C1(c2ccc(NS(=O)(=O)c3cccs3)cc2)CC1.O=C(O)C(F)(F)F. The van der Waals surface area contributed by atoms with E-state index >= 15 is 0 Å². The molecule has 1 aromatic carbocycles. The minimum absolute atomic E-state index is 0.00526. The Morgan fingerprint density at radius 1 is 1.19 bits per heavy atom. The molecule has 0 bridgehead atoms. The summed E-state index contributed by atoms with van der Waals surface area (Å²) in [7, 11) is -3.55. The number of carboxylic acid groups (broad SMARTS) is 1. The molecule has 168 valence electrons. The first-order valence-corrected chi connectivity index (χ1v) is 11.1. The number of anilines is 1. The predicted octanol–water partition coefficient (Wildman–Crippen LogP) is 3.52. The first kappa shape index (κ1) is 24.4. The number of nitrogens with one attached hydrogen (secondary N) is 2. The molecule has 3 rings (SSSR count). The molecular formula is C19H19F3N2O5S2. The summed E-state index contributed by atoms with van der Waals surface area (Å²) >= 11 is 1.17. The van der Waals surface area contributed by atoms with Crippen LogP contribution in [0.2, 0.25) is 0 Å². The summed E-state index contributed by atoms with van der Waals surface area (Å²) in [5, 5.41) is 11.7. The molecule has 0 saturated heterocycles. The zero-order valence-electron chi connectivity index (χ0n) is 16.0. The lowest BCUT2D eigenvalue weighted by atomic mass is 9.95. The van der Waals surface area contributed by atoms with Crippen molar-refractivity contribution >= 4 is 38.9 Å². The van der Waals surface area contributed by atoms with Crippen LogP contribution in [0.1, 0.15) is 18.4 Å². The summed E-state index contributed by atoms with van der Waals surface area (Å²) in [5.74, 6) is -2.76. The van der Waals surface area contributed by atoms with Crippen LogP contribution in [0.25, 0.3) is 0 Å². The zero-order valence-corrected chi connectivity index (χ0v) is 17.6. The van der Waals surface area contributed by atoms with Gasteiger partial charge in [-0.05, 0) is 42.0 Å². The molecule has 0 radical (unpaired) electrons.